The average molecular weight is 294 g/mol. The molecule has 0 bridgehead atoms. The van der Waals surface area contributed by atoms with Crippen LogP contribution in [0.3, 0.4) is 0 Å². The summed E-state index contributed by atoms with van der Waals surface area (Å²) >= 11 is 5.80. The van der Waals surface area contributed by atoms with Crippen LogP contribution in [-0.4, -0.2) is 14.9 Å². The van der Waals surface area contributed by atoms with Gasteiger partial charge in [-0.3, -0.25) is 10.1 Å². The van der Waals surface area contributed by atoms with Crippen molar-refractivity contribution in [3.8, 4) is 0 Å². The lowest BCUT2D eigenvalue weighted by Crippen LogP contribution is -2.10. The van der Waals surface area contributed by atoms with Gasteiger partial charge in [-0.2, -0.15) is 0 Å². The Balaban J connectivity index is 2.24. The molecule has 7 nitrogen and oxygen atoms in total. The highest BCUT2D eigenvalue weighted by atomic mass is 35.5. The highest BCUT2D eigenvalue weighted by molar-refractivity contribution is 6.32. The predicted molar refractivity (Wildman–Crippen MR) is 76.6 cm³/mol. The van der Waals surface area contributed by atoms with Gasteiger partial charge in [-0.25, -0.2) is 9.97 Å². The number of aromatic nitrogens is 2. The van der Waals surface area contributed by atoms with Gasteiger partial charge in [0.15, 0.2) is 11.0 Å². The van der Waals surface area contributed by atoms with Gasteiger partial charge < -0.3 is 11.1 Å². The predicted octanol–water partition coefficient (Wildman–Crippen LogP) is 2.79. The zero-order valence-electron chi connectivity index (χ0n) is 10.6. The zero-order valence-corrected chi connectivity index (χ0v) is 11.3. The van der Waals surface area contributed by atoms with Crippen molar-refractivity contribution < 1.29 is 4.92 Å². The third kappa shape index (κ3) is 2.94. The fourth-order valence-corrected chi connectivity index (χ4v) is 1.82. The van der Waals surface area contributed by atoms with Crippen LogP contribution in [0.25, 0.3) is 0 Å². The fraction of sp³-hybridized carbons (Fsp3) is 0.167. The van der Waals surface area contributed by atoms with Gasteiger partial charge in [0.2, 0.25) is 0 Å². The third-order valence-electron chi connectivity index (χ3n) is 2.77. The van der Waals surface area contributed by atoms with E-state index >= 15 is 0 Å². The highest BCUT2D eigenvalue weighted by Crippen LogP contribution is 2.27. The van der Waals surface area contributed by atoms with Crippen LogP contribution in [0.15, 0.2) is 30.6 Å². The normalized spacial score (nSPS) is 11.9. The van der Waals surface area contributed by atoms with E-state index in [1.54, 1.807) is 12.1 Å². The van der Waals surface area contributed by atoms with Crippen molar-refractivity contribution >= 4 is 28.8 Å². The van der Waals surface area contributed by atoms with Crippen LogP contribution in [0.4, 0.5) is 17.2 Å². The summed E-state index contributed by atoms with van der Waals surface area (Å²) in [6.45, 7) is 1.84. The molecule has 1 unspecified atom stereocenters. The zero-order chi connectivity index (χ0) is 14.7. The summed E-state index contributed by atoms with van der Waals surface area (Å²) in [5, 5.41) is 14.0. The molecule has 1 aromatic carbocycles. The first-order valence-corrected chi connectivity index (χ1v) is 6.13. The lowest BCUT2D eigenvalue weighted by molar-refractivity contribution is -0.384. The lowest BCUT2D eigenvalue weighted by atomic mass is 10.1. The number of non-ortho nitro benzene ring substituents is 1. The second-order valence-corrected chi connectivity index (χ2v) is 4.50. The van der Waals surface area contributed by atoms with Crippen LogP contribution in [0, 0.1) is 10.1 Å². The van der Waals surface area contributed by atoms with E-state index in [-0.39, 0.29) is 22.6 Å². The number of hydrogen-bond donors (Lipinski definition) is 2. The molecule has 0 saturated heterocycles. The van der Waals surface area contributed by atoms with Gasteiger partial charge in [0.25, 0.3) is 5.69 Å². The Bertz CT molecular complexity index is 649. The quantitative estimate of drug-likeness (QED) is 0.510. The standard InChI is InChI=1S/C12H12ClN5O2/c1-7(8-3-2-4-9(5-8)18(19)20)17-12-10(14)11(13)15-6-16-12/h2-7H,14H2,1H3,(H,15,16,17). The fourth-order valence-electron chi connectivity index (χ4n) is 1.69. The van der Waals surface area contributed by atoms with Crippen molar-refractivity contribution in [2.45, 2.75) is 13.0 Å². The van der Waals surface area contributed by atoms with E-state index in [1.807, 2.05) is 6.92 Å². The summed E-state index contributed by atoms with van der Waals surface area (Å²) in [7, 11) is 0. The van der Waals surface area contributed by atoms with E-state index in [0.29, 0.717) is 5.82 Å². The number of hydrogen-bond acceptors (Lipinski definition) is 6. The maximum absolute atomic E-state index is 10.8. The van der Waals surface area contributed by atoms with E-state index < -0.39 is 4.92 Å². The Morgan fingerprint density at radius 3 is 2.90 bits per heavy atom. The molecule has 0 fully saturated rings. The molecule has 3 N–H and O–H groups in total. The van der Waals surface area contributed by atoms with Crippen molar-refractivity contribution in [2.24, 2.45) is 0 Å². The molecular formula is C12H12ClN5O2. The van der Waals surface area contributed by atoms with Gasteiger partial charge in [0.1, 0.15) is 12.0 Å². The topological polar surface area (TPSA) is 107 Å². The summed E-state index contributed by atoms with van der Waals surface area (Å²) < 4.78 is 0. The molecule has 0 aliphatic rings. The minimum Gasteiger partial charge on any atom is -0.393 e. The number of nitrogens with zero attached hydrogens (tertiary/aromatic N) is 3. The lowest BCUT2D eigenvalue weighted by Gasteiger charge is -2.16. The summed E-state index contributed by atoms with van der Waals surface area (Å²) in [5.74, 6) is 0.393. The number of anilines is 2. The van der Waals surface area contributed by atoms with Crippen LogP contribution in [0.1, 0.15) is 18.5 Å². The molecule has 1 aromatic heterocycles. The Morgan fingerprint density at radius 2 is 2.20 bits per heavy atom. The second-order valence-electron chi connectivity index (χ2n) is 4.14. The molecule has 0 aliphatic heterocycles. The largest absolute Gasteiger partial charge is 0.393 e. The summed E-state index contributed by atoms with van der Waals surface area (Å²) in [5.41, 5.74) is 6.78. The number of nitrogens with two attached hydrogens (primary N) is 1. The molecule has 20 heavy (non-hydrogen) atoms. The average Bonchev–Trinajstić information content (AvgIpc) is 2.44. The molecule has 0 spiro atoms. The van der Waals surface area contributed by atoms with Gasteiger partial charge in [0, 0.05) is 12.1 Å². The molecule has 2 aromatic rings. The molecule has 104 valence electrons. The highest BCUT2D eigenvalue weighted by Gasteiger charge is 2.13. The van der Waals surface area contributed by atoms with Crippen LogP contribution in [0.2, 0.25) is 5.15 Å². The molecule has 1 atom stereocenters. The molecule has 0 radical (unpaired) electrons. The van der Waals surface area contributed by atoms with Crippen molar-refractivity contribution in [1.82, 2.24) is 9.97 Å². The molecule has 8 heteroatoms. The molecule has 0 aliphatic carbocycles. The van der Waals surface area contributed by atoms with E-state index in [4.69, 9.17) is 17.3 Å². The SMILES string of the molecule is CC(Nc1ncnc(Cl)c1N)c1cccc([N+](=O)[O-])c1. The van der Waals surface area contributed by atoms with Gasteiger partial charge in [-0.05, 0) is 12.5 Å². The van der Waals surface area contributed by atoms with E-state index in [0.717, 1.165) is 5.56 Å². The number of benzene rings is 1. The molecule has 1 heterocycles. The van der Waals surface area contributed by atoms with Gasteiger partial charge in [-0.15, -0.1) is 0 Å². The maximum Gasteiger partial charge on any atom is 0.269 e. The molecule has 0 saturated carbocycles. The molecule has 0 amide bonds. The van der Waals surface area contributed by atoms with Crippen LogP contribution < -0.4 is 11.1 Å². The Kier molecular flexibility index (Phi) is 3.99. The molecule has 2 rings (SSSR count). The van der Waals surface area contributed by atoms with E-state index in [1.165, 1.54) is 18.5 Å². The van der Waals surface area contributed by atoms with Gasteiger partial charge in [0.05, 0.1) is 11.0 Å². The summed E-state index contributed by atoms with van der Waals surface area (Å²) in [4.78, 5) is 18.1. The summed E-state index contributed by atoms with van der Waals surface area (Å²) in [6, 6.07) is 6.12. The number of rotatable bonds is 4. The van der Waals surface area contributed by atoms with Crippen LogP contribution in [0.5, 0.6) is 0 Å². The van der Waals surface area contributed by atoms with E-state index in [9.17, 15) is 10.1 Å². The monoisotopic (exact) mass is 293 g/mol. The second kappa shape index (κ2) is 5.70. The first-order chi connectivity index (χ1) is 9.49. The van der Waals surface area contributed by atoms with Crippen LogP contribution in [-0.2, 0) is 0 Å². The number of nitro benzene ring substituents is 1. The van der Waals surface area contributed by atoms with Crippen molar-refractivity contribution in [2.75, 3.05) is 11.1 Å². The van der Waals surface area contributed by atoms with E-state index in [2.05, 4.69) is 15.3 Å². The smallest absolute Gasteiger partial charge is 0.269 e. The van der Waals surface area contributed by atoms with Crippen molar-refractivity contribution in [3.63, 3.8) is 0 Å². The minimum absolute atomic E-state index is 0.0323. The van der Waals surface area contributed by atoms with Crippen molar-refractivity contribution in [1.29, 1.82) is 0 Å². The number of nitrogens with one attached hydrogen (secondary N) is 1. The number of nitro groups is 1. The summed E-state index contributed by atoms with van der Waals surface area (Å²) in [6.07, 6.45) is 1.29. The first-order valence-electron chi connectivity index (χ1n) is 5.76. The Morgan fingerprint density at radius 1 is 1.45 bits per heavy atom. The number of halogens is 1. The van der Waals surface area contributed by atoms with Gasteiger partial charge >= 0.3 is 0 Å². The van der Waals surface area contributed by atoms with Crippen LogP contribution >= 0.6 is 11.6 Å². The Hall–Kier alpha value is -2.41. The number of nitrogen functional groups attached to an aromatic ring is 1. The Labute approximate surface area is 120 Å². The third-order valence-corrected chi connectivity index (χ3v) is 3.07. The maximum atomic E-state index is 10.8. The molecular weight excluding hydrogens is 282 g/mol. The van der Waals surface area contributed by atoms with Crippen molar-refractivity contribution in [3.05, 3.63) is 51.4 Å². The first kappa shape index (κ1) is 14.0. The van der Waals surface area contributed by atoms with Gasteiger partial charge in [-0.1, -0.05) is 23.7 Å². The minimum atomic E-state index is -0.438.